The lowest BCUT2D eigenvalue weighted by molar-refractivity contribution is 0.124. The Kier molecular flexibility index (Phi) is 4.13. The lowest BCUT2D eigenvalue weighted by atomic mass is 10.2. The Balaban J connectivity index is 2.45. The zero-order chi connectivity index (χ0) is 8.81. The normalized spacial score (nSPS) is 13.2. The lowest BCUT2D eigenvalue weighted by Gasteiger charge is -2.12. The maximum Gasteiger partial charge on any atom is 0.0948 e. The number of ether oxygens (including phenoxy) is 1. The van der Waals surface area contributed by atoms with E-state index in [9.17, 15) is 0 Å². The van der Waals surface area contributed by atoms with Crippen molar-refractivity contribution in [2.75, 3.05) is 20.3 Å². The molecule has 0 bridgehead atoms. The molecule has 1 atom stereocenters. The highest BCUT2D eigenvalue weighted by molar-refractivity contribution is 7.03. The van der Waals surface area contributed by atoms with Crippen molar-refractivity contribution in [1.82, 2.24) is 14.9 Å². The van der Waals surface area contributed by atoms with Crippen LogP contribution < -0.4 is 5.32 Å². The van der Waals surface area contributed by atoms with Crippen LogP contribution >= 0.6 is 11.5 Å². The van der Waals surface area contributed by atoms with Gasteiger partial charge in [-0.05, 0) is 25.5 Å². The van der Waals surface area contributed by atoms with Gasteiger partial charge < -0.3 is 10.1 Å². The summed E-state index contributed by atoms with van der Waals surface area (Å²) >= 11 is 1.36. The summed E-state index contributed by atoms with van der Waals surface area (Å²) in [5, 5.41) is 9.02. The summed E-state index contributed by atoms with van der Waals surface area (Å²) in [5.41, 5.74) is 0.955. The van der Waals surface area contributed by atoms with Crippen LogP contribution in [0.4, 0.5) is 0 Å². The summed E-state index contributed by atoms with van der Waals surface area (Å²) in [6.07, 6.45) is 0. The second-order valence-corrected chi connectivity index (χ2v) is 2.94. The quantitative estimate of drug-likeness (QED) is 0.742. The van der Waals surface area contributed by atoms with E-state index in [1.54, 1.807) is 0 Å². The topological polar surface area (TPSA) is 47.0 Å². The zero-order valence-corrected chi connectivity index (χ0v) is 8.10. The van der Waals surface area contributed by atoms with Crippen molar-refractivity contribution >= 4 is 11.5 Å². The van der Waals surface area contributed by atoms with Crippen molar-refractivity contribution in [2.24, 2.45) is 0 Å². The van der Waals surface area contributed by atoms with Crippen LogP contribution in [-0.2, 0) is 4.74 Å². The molecule has 1 aromatic rings. The molecule has 0 saturated heterocycles. The average molecular weight is 187 g/mol. The van der Waals surface area contributed by atoms with Crippen molar-refractivity contribution in [2.45, 2.75) is 13.0 Å². The van der Waals surface area contributed by atoms with Crippen LogP contribution in [0.2, 0.25) is 0 Å². The van der Waals surface area contributed by atoms with Crippen LogP contribution in [0.3, 0.4) is 0 Å². The predicted molar refractivity (Wildman–Crippen MR) is 48.2 cm³/mol. The molecule has 4 nitrogen and oxygen atoms in total. The Bertz CT molecular complexity index is 202. The minimum atomic E-state index is 0.170. The Labute approximate surface area is 76.1 Å². The van der Waals surface area contributed by atoms with Crippen LogP contribution in [0, 0.1) is 0 Å². The van der Waals surface area contributed by atoms with E-state index in [0.717, 1.165) is 12.3 Å². The standard InChI is InChI=1S/C7H13N3OS/c1-3-11-4-6(8-2)7-5-12-10-9-7/h5-6,8H,3-4H2,1-2H3. The van der Waals surface area contributed by atoms with E-state index in [1.165, 1.54) is 11.5 Å². The maximum absolute atomic E-state index is 5.28. The number of likely N-dealkylation sites (N-methyl/N-ethyl adjacent to an activating group) is 1. The van der Waals surface area contributed by atoms with E-state index in [4.69, 9.17) is 4.74 Å². The van der Waals surface area contributed by atoms with Crippen molar-refractivity contribution in [3.63, 3.8) is 0 Å². The number of nitrogens with one attached hydrogen (secondary N) is 1. The Morgan fingerprint density at radius 3 is 3.08 bits per heavy atom. The van der Waals surface area contributed by atoms with Crippen molar-refractivity contribution in [3.8, 4) is 0 Å². The first-order chi connectivity index (χ1) is 5.88. The first kappa shape index (κ1) is 9.57. The van der Waals surface area contributed by atoms with E-state index in [-0.39, 0.29) is 6.04 Å². The van der Waals surface area contributed by atoms with Gasteiger partial charge in [0.15, 0.2) is 0 Å². The Morgan fingerprint density at radius 2 is 2.58 bits per heavy atom. The third-order valence-corrected chi connectivity index (χ3v) is 2.09. The van der Waals surface area contributed by atoms with Crippen molar-refractivity contribution in [1.29, 1.82) is 0 Å². The zero-order valence-electron chi connectivity index (χ0n) is 7.28. The van der Waals surface area contributed by atoms with Gasteiger partial charge >= 0.3 is 0 Å². The van der Waals surface area contributed by atoms with Gasteiger partial charge in [0.2, 0.25) is 0 Å². The molecule has 0 aliphatic rings. The number of nitrogens with zero attached hydrogens (tertiary/aromatic N) is 2. The molecule has 1 heterocycles. The largest absolute Gasteiger partial charge is 0.380 e. The van der Waals surface area contributed by atoms with Crippen LogP contribution in [-0.4, -0.2) is 29.8 Å². The molecule has 1 N–H and O–H groups in total. The second-order valence-electron chi connectivity index (χ2n) is 2.33. The SMILES string of the molecule is CCOCC(NC)c1csnn1. The molecule has 1 unspecified atom stereocenters. The third kappa shape index (κ3) is 2.51. The second kappa shape index (κ2) is 5.18. The van der Waals surface area contributed by atoms with Crippen molar-refractivity contribution in [3.05, 3.63) is 11.1 Å². The van der Waals surface area contributed by atoms with Crippen LogP contribution in [0.1, 0.15) is 18.7 Å². The number of hydrogen-bond donors (Lipinski definition) is 1. The van der Waals surface area contributed by atoms with E-state index in [2.05, 4.69) is 14.9 Å². The van der Waals surface area contributed by atoms with Gasteiger partial charge in [-0.15, -0.1) is 5.10 Å². The maximum atomic E-state index is 5.28. The molecule has 12 heavy (non-hydrogen) atoms. The van der Waals surface area contributed by atoms with E-state index in [0.29, 0.717) is 6.61 Å². The number of hydrogen-bond acceptors (Lipinski definition) is 5. The predicted octanol–water partition coefficient (Wildman–Crippen LogP) is 0.835. The van der Waals surface area contributed by atoms with E-state index < -0.39 is 0 Å². The van der Waals surface area contributed by atoms with Gasteiger partial charge in [0.25, 0.3) is 0 Å². The van der Waals surface area contributed by atoms with E-state index >= 15 is 0 Å². The molecular weight excluding hydrogens is 174 g/mol. The molecule has 1 rings (SSSR count). The molecule has 0 spiro atoms. The lowest BCUT2D eigenvalue weighted by Crippen LogP contribution is -2.22. The van der Waals surface area contributed by atoms with Crippen LogP contribution in [0.5, 0.6) is 0 Å². The highest BCUT2D eigenvalue weighted by Gasteiger charge is 2.11. The molecule has 0 fully saturated rings. The molecule has 0 amide bonds. The van der Waals surface area contributed by atoms with Crippen LogP contribution in [0.15, 0.2) is 5.38 Å². The third-order valence-electron chi connectivity index (χ3n) is 1.57. The molecule has 1 aromatic heterocycles. The fourth-order valence-electron chi connectivity index (χ4n) is 0.876. The summed E-state index contributed by atoms with van der Waals surface area (Å²) in [7, 11) is 1.89. The molecule has 5 heteroatoms. The minimum Gasteiger partial charge on any atom is -0.380 e. The summed E-state index contributed by atoms with van der Waals surface area (Å²) in [4.78, 5) is 0. The van der Waals surface area contributed by atoms with Gasteiger partial charge in [0, 0.05) is 12.0 Å². The summed E-state index contributed by atoms with van der Waals surface area (Å²) in [6, 6.07) is 0.170. The monoisotopic (exact) mass is 187 g/mol. The summed E-state index contributed by atoms with van der Waals surface area (Å²) in [6.45, 7) is 3.36. The minimum absolute atomic E-state index is 0.170. The Morgan fingerprint density at radius 1 is 1.75 bits per heavy atom. The first-order valence-corrected chi connectivity index (χ1v) is 4.74. The van der Waals surface area contributed by atoms with Crippen LogP contribution in [0.25, 0.3) is 0 Å². The van der Waals surface area contributed by atoms with Gasteiger partial charge in [0.05, 0.1) is 18.3 Å². The van der Waals surface area contributed by atoms with Gasteiger partial charge in [0.1, 0.15) is 0 Å². The highest BCUT2D eigenvalue weighted by Crippen LogP contribution is 2.10. The van der Waals surface area contributed by atoms with Gasteiger partial charge in [-0.1, -0.05) is 4.49 Å². The summed E-state index contributed by atoms with van der Waals surface area (Å²) < 4.78 is 9.08. The van der Waals surface area contributed by atoms with Gasteiger partial charge in [-0.25, -0.2) is 0 Å². The number of aromatic nitrogens is 2. The first-order valence-electron chi connectivity index (χ1n) is 3.90. The molecule has 0 radical (unpaired) electrons. The highest BCUT2D eigenvalue weighted by atomic mass is 32.1. The van der Waals surface area contributed by atoms with Gasteiger partial charge in [-0.3, -0.25) is 0 Å². The smallest absolute Gasteiger partial charge is 0.0948 e. The van der Waals surface area contributed by atoms with Crippen molar-refractivity contribution < 1.29 is 4.74 Å². The van der Waals surface area contributed by atoms with E-state index in [1.807, 2.05) is 19.4 Å². The number of rotatable bonds is 5. The average Bonchev–Trinajstić information content (AvgIpc) is 2.59. The molecule has 0 aromatic carbocycles. The fourth-order valence-corrected chi connectivity index (χ4v) is 1.38. The Hall–Kier alpha value is -0.520. The summed E-state index contributed by atoms with van der Waals surface area (Å²) in [5.74, 6) is 0. The molecule has 0 saturated carbocycles. The van der Waals surface area contributed by atoms with Gasteiger partial charge in [-0.2, -0.15) is 0 Å². The molecular formula is C7H13N3OS. The fraction of sp³-hybridized carbons (Fsp3) is 0.714. The molecule has 0 aliphatic carbocycles. The molecule has 0 aliphatic heterocycles. The molecule has 68 valence electrons.